The van der Waals surface area contributed by atoms with Crippen molar-refractivity contribution in [1.82, 2.24) is 0 Å². The van der Waals surface area contributed by atoms with Crippen LogP contribution in [0.2, 0.25) is 0 Å². The molecule has 1 N–H and O–H groups in total. The highest BCUT2D eigenvalue weighted by Gasteiger charge is 2.25. The maximum absolute atomic E-state index is 13.0. The van der Waals surface area contributed by atoms with Crippen LogP contribution in [0.5, 0.6) is 0 Å². The second-order valence-corrected chi connectivity index (χ2v) is 26.6. The molecular weight excluding hydrogens is 1100 g/mol. The smallest absolute Gasteiger partial charge is 0.361 e. The van der Waals surface area contributed by atoms with Crippen molar-refractivity contribution in [2.24, 2.45) is 0 Å². The highest BCUT2D eigenvalue weighted by atomic mass is 16.7. The zero-order valence-corrected chi connectivity index (χ0v) is 59.1. The third-order valence-electron chi connectivity index (χ3n) is 16.6. The lowest BCUT2D eigenvalue weighted by atomic mass is 10.0. The minimum atomic E-state index is -1.51. The van der Waals surface area contributed by atoms with Gasteiger partial charge in [-0.15, -0.1) is 0 Å². The Bertz CT molecular complexity index is 1740. The summed E-state index contributed by atoms with van der Waals surface area (Å²) in [7, 11) is 5.99. The number of carbonyl (C=O) groups is 3. The van der Waals surface area contributed by atoms with Crippen LogP contribution in [-0.2, 0) is 33.3 Å². The van der Waals surface area contributed by atoms with Gasteiger partial charge in [0.05, 0.1) is 34.4 Å². The van der Waals surface area contributed by atoms with E-state index in [1.165, 1.54) is 244 Å². The first-order valence-corrected chi connectivity index (χ1v) is 37.8. The van der Waals surface area contributed by atoms with Gasteiger partial charge in [-0.3, -0.25) is 9.59 Å². The van der Waals surface area contributed by atoms with Crippen molar-refractivity contribution in [2.45, 2.75) is 360 Å². The van der Waals surface area contributed by atoms with Crippen LogP contribution in [-0.4, -0.2) is 87.4 Å². The summed E-state index contributed by atoms with van der Waals surface area (Å²) in [6.45, 7) is 4.80. The quantitative estimate of drug-likeness (QED) is 0.0211. The summed E-state index contributed by atoms with van der Waals surface area (Å²) >= 11 is 0. The van der Waals surface area contributed by atoms with Crippen molar-refractivity contribution < 1.29 is 42.9 Å². The zero-order valence-electron chi connectivity index (χ0n) is 59.1. The molecule has 9 heteroatoms. The van der Waals surface area contributed by atoms with Crippen LogP contribution >= 0.6 is 0 Å². The van der Waals surface area contributed by atoms with Gasteiger partial charge in [-0.05, 0) is 89.9 Å². The molecule has 516 valence electrons. The van der Waals surface area contributed by atoms with Crippen LogP contribution in [0.25, 0.3) is 0 Å². The molecule has 89 heavy (non-hydrogen) atoms. The number of hydrogen-bond acceptors (Lipinski definition) is 7. The first kappa shape index (κ1) is 85.5. The van der Waals surface area contributed by atoms with Gasteiger partial charge in [-0.25, -0.2) is 4.79 Å². The van der Waals surface area contributed by atoms with Gasteiger partial charge in [0, 0.05) is 12.8 Å². The molecule has 0 spiro atoms. The Morgan fingerprint density at radius 2 is 0.640 bits per heavy atom. The lowest BCUT2D eigenvalue weighted by Gasteiger charge is -2.25. The van der Waals surface area contributed by atoms with Gasteiger partial charge in [-0.1, -0.05) is 330 Å². The number of nitrogens with zero attached hydrogens (tertiary/aromatic N) is 1. The van der Waals surface area contributed by atoms with Crippen molar-refractivity contribution in [3.05, 3.63) is 85.1 Å². The van der Waals surface area contributed by atoms with Crippen molar-refractivity contribution in [1.29, 1.82) is 0 Å². The number of likely N-dealkylation sites (N-methyl/N-ethyl adjacent to an activating group) is 1. The molecule has 0 fully saturated rings. The predicted molar refractivity (Wildman–Crippen MR) is 382 cm³/mol. The minimum absolute atomic E-state index is 0.181. The van der Waals surface area contributed by atoms with Crippen LogP contribution in [0.15, 0.2) is 85.1 Å². The summed E-state index contributed by atoms with van der Waals surface area (Å²) in [4.78, 5) is 37.7. The molecular formula is C80H144NO8+. The number of rotatable bonds is 70. The molecule has 0 aliphatic rings. The fraction of sp³-hybridized carbons (Fsp3) is 0.787. The van der Waals surface area contributed by atoms with Gasteiger partial charge in [0.15, 0.2) is 6.10 Å². The van der Waals surface area contributed by atoms with E-state index in [1.54, 1.807) is 0 Å². The molecule has 0 aliphatic carbocycles. The minimum Gasteiger partial charge on any atom is -0.477 e. The molecule has 0 saturated carbocycles. The SMILES string of the molecule is CC/C=C\C/C=C\C/C=C\C/C=C\C/C=C\CCCCCCCCCCCCCCCCCC(=O)OC(COC(=O)CCCCCCCCCCCCCCCCCCCCCCC/C=C\C/C=C\CCCCCCC)COC(OCC[N+](C)(C)C)C(=O)O. The zero-order chi connectivity index (χ0) is 64.7. The molecule has 0 radical (unpaired) electrons. The lowest BCUT2D eigenvalue weighted by Crippen LogP contribution is -2.40. The van der Waals surface area contributed by atoms with E-state index in [0.717, 1.165) is 77.0 Å². The summed E-state index contributed by atoms with van der Waals surface area (Å²) in [5, 5.41) is 9.76. The van der Waals surface area contributed by atoms with Gasteiger partial charge < -0.3 is 28.5 Å². The number of allylic oxidation sites excluding steroid dienone is 14. The molecule has 0 bridgehead atoms. The average Bonchev–Trinajstić information content (AvgIpc) is 3.64. The Morgan fingerprint density at radius 3 is 0.955 bits per heavy atom. The van der Waals surface area contributed by atoms with E-state index in [1.807, 2.05) is 21.1 Å². The van der Waals surface area contributed by atoms with Gasteiger partial charge in [0.25, 0.3) is 6.29 Å². The van der Waals surface area contributed by atoms with Crippen molar-refractivity contribution in [2.75, 3.05) is 47.5 Å². The van der Waals surface area contributed by atoms with Gasteiger partial charge in [0.2, 0.25) is 0 Å². The van der Waals surface area contributed by atoms with Crippen LogP contribution in [0, 0.1) is 0 Å². The maximum Gasteiger partial charge on any atom is 0.361 e. The first-order chi connectivity index (χ1) is 43.6. The maximum atomic E-state index is 13.0. The van der Waals surface area contributed by atoms with E-state index in [9.17, 15) is 19.5 Å². The number of carboxylic acids is 1. The molecule has 0 aliphatic heterocycles. The van der Waals surface area contributed by atoms with E-state index in [0.29, 0.717) is 17.4 Å². The topological polar surface area (TPSA) is 108 Å². The second-order valence-electron chi connectivity index (χ2n) is 26.6. The van der Waals surface area contributed by atoms with Gasteiger partial charge in [0.1, 0.15) is 13.2 Å². The number of unbranched alkanes of at least 4 members (excludes halogenated alkanes) is 41. The Hall–Kier alpha value is -3.53. The molecule has 0 amide bonds. The average molecular weight is 1250 g/mol. The Kier molecular flexibility index (Phi) is 67.6. The van der Waals surface area contributed by atoms with Crippen LogP contribution in [0.4, 0.5) is 0 Å². The number of hydrogen-bond donors (Lipinski definition) is 1. The standard InChI is InChI=1S/C80H143NO8/c1-6-8-10-12-14-16-18-20-22-24-26-28-30-32-34-36-38-39-41-42-44-46-48-50-52-54-56-58-60-62-64-66-68-70-77(82)87-74-76(75-88-80(79(84)85)86-73-72-81(3,4)5)89-78(83)71-69-67-65-63-61-59-57-55-53-51-49-47-45-43-40-37-35-33-31-29-27-25-23-21-19-17-15-13-11-9-7-2/h9,11,15,17-18,20-21,23-24,26-27,29,33,35,76,80H,6-8,10,12-14,16,19,22,25,28,30-32,34,36-75H2,1-5H3/p+1/b11-9-,17-15-,20-18-,23-21-,26-24-,29-27-,35-33-. The number of aliphatic carboxylic acids is 1. The normalized spacial score (nSPS) is 13.1. The fourth-order valence-electron chi connectivity index (χ4n) is 10.9. The number of quaternary nitrogens is 1. The summed E-state index contributed by atoms with van der Waals surface area (Å²) < 4.78 is 23.0. The summed E-state index contributed by atoms with van der Waals surface area (Å²) in [6.07, 6.45) is 92.9. The number of carbonyl (C=O) groups excluding carboxylic acids is 2. The summed E-state index contributed by atoms with van der Waals surface area (Å²) in [6, 6.07) is 0. The van der Waals surface area contributed by atoms with E-state index in [2.05, 4.69) is 98.9 Å². The molecule has 2 atom stereocenters. The molecule has 0 aromatic carbocycles. The Labute approximate surface area is 550 Å². The molecule has 0 saturated heterocycles. The van der Waals surface area contributed by atoms with E-state index < -0.39 is 24.3 Å². The molecule has 9 nitrogen and oxygen atoms in total. The number of carboxylic acid groups (broad SMARTS) is 1. The Balaban J connectivity index is 4.04. The second kappa shape index (κ2) is 70.3. The molecule has 2 unspecified atom stereocenters. The highest BCUT2D eigenvalue weighted by Crippen LogP contribution is 2.19. The monoisotopic (exact) mass is 1250 g/mol. The first-order valence-electron chi connectivity index (χ1n) is 37.8. The summed E-state index contributed by atoms with van der Waals surface area (Å²) in [5.41, 5.74) is 0. The third-order valence-corrected chi connectivity index (χ3v) is 16.6. The number of esters is 2. The van der Waals surface area contributed by atoms with Gasteiger partial charge in [-0.2, -0.15) is 0 Å². The van der Waals surface area contributed by atoms with E-state index in [-0.39, 0.29) is 32.2 Å². The highest BCUT2D eigenvalue weighted by molar-refractivity contribution is 5.71. The van der Waals surface area contributed by atoms with E-state index in [4.69, 9.17) is 18.9 Å². The largest absolute Gasteiger partial charge is 0.477 e. The Morgan fingerprint density at radius 1 is 0.348 bits per heavy atom. The lowest BCUT2D eigenvalue weighted by molar-refractivity contribution is -0.870. The molecule has 0 heterocycles. The van der Waals surface area contributed by atoms with Crippen molar-refractivity contribution in [3.63, 3.8) is 0 Å². The van der Waals surface area contributed by atoms with E-state index >= 15 is 0 Å². The molecule has 0 aromatic rings. The predicted octanol–water partition coefficient (Wildman–Crippen LogP) is 23.8. The third kappa shape index (κ3) is 71.8. The number of ether oxygens (including phenoxy) is 4. The van der Waals surface area contributed by atoms with Crippen molar-refractivity contribution in [3.8, 4) is 0 Å². The van der Waals surface area contributed by atoms with Crippen molar-refractivity contribution >= 4 is 17.9 Å². The molecule has 0 rings (SSSR count). The molecule has 0 aromatic heterocycles. The van der Waals surface area contributed by atoms with Gasteiger partial charge >= 0.3 is 17.9 Å². The van der Waals surface area contributed by atoms with Crippen LogP contribution in [0.1, 0.15) is 348 Å². The van der Waals surface area contributed by atoms with Crippen LogP contribution in [0.3, 0.4) is 0 Å². The summed E-state index contributed by atoms with van der Waals surface area (Å²) in [5.74, 6) is -1.99. The fourth-order valence-corrected chi connectivity index (χ4v) is 10.9. The van der Waals surface area contributed by atoms with Crippen LogP contribution < -0.4 is 0 Å².